The molecule has 0 N–H and O–H groups in total. The molecule has 0 radical (unpaired) electrons. The van der Waals surface area contributed by atoms with Gasteiger partial charge >= 0.3 is 6.09 Å². The number of benzene rings is 2. The van der Waals surface area contributed by atoms with Gasteiger partial charge in [0.2, 0.25) is 0 Å². The Balaban J connectivity index is 1.88. The van der Waals surface area contributed by atoms with Gasteiger partial charge in [-0.25, -0.2) is 4.79 Å². The Morgan fingerprint density at radius 3 is 2.19 bits per heavy atom. The van der Waals surface area contributed by atoms with Crippen LogP contribution >= 0.6 is 0 Å². The van der Waals surface area contributed by atoms with Gasteiger partial charge in [-0.05, 0) is 101 Å². The van der Waals surface area contributed by atoms with Crippen LogP contribution < -0.4 is 9.47 Å². The van der Waals surface area contributed by atoms with Gasteiger partial charge in [0.15, 0.2) is 11.5 Å². The van der Waals surface area contributed by atoms with E-state index in [1.807, 2.05) is 63.8 Å². The molecule has 0 aromatic heterocycles. The molecule has 2 aromatic rings. The fourth-order valence-corrected chi connectivity index (χ4v) is 6.48. The van der Waals surface area contributed by atoms with Crippen LogP contribution in [0, 0.1) is 23.7 Å². The molecule has 1 aliphatic heterocycles. The number of methoxy groups -OCH3 is 2. The molecule has 2 aromatic carbocycles. The fourth-order valence-electron chi connectivity index (χ4n) is 6.48. The van der Waals surface area contributed by atoms with Crippen LogP contribution in [0.5, 0.6) is 11.5 Å². The van der Waals surface area contributed by atoms with Gasteiger partial charge in [-0.3, -0.25) is 4.90 Å². The smallest absolute Gasteiger partial charge is 0.412 e. The van der Waals surface area contributed by atoms with Crippen molar-refractivity contribution in [2.45, 2.75) is 118 Å². The number of carbonyl (C=O) groups is 1. The maximum atomic E-state index is 13.9. The summed E-state index contributed by atoms with van der Waals surface area (Å²) in [4.78, 5) is 15.8. The van der Waals surface area contributed by atoms with Crippen molar-refractivity contribution in [3.63, 3.8) is 0 Å². The van der Waals surface area contributed by atoms with Gasteiger partial charge in [-0.1, -0.05) is 64.1 Å². The molecule has 0 spiro atoms. The molecule has 48 heavy (non-hydrogen) atoms. The molecule has 1 amide bonds. The zero-order valence-electron chi connectivity index (χ0n) is 31.5. The predicted molar refractivity (Wildman–Crippen MR) is 191 cm³/mol. The molecule has 1 aliphatic rings. The molecular formula is C40H63NO7. The summed E-state index contributed by atoms with van der Waals surface area (Å²) in [5.74, 6) is 2.72. The van der Waals surface area contributed by atoms with Crippen molar-refractivity contribution < 1.29 is 33.2 Å². The second kappa shape index (κ2) is 18.3. The predicted octanol–water partition coefficient (Wildman–Crippen LogP) is 8.94. The fraction of sp³-hybridized carbons (Fsp3) is 0.675. The molecular weight excluding hydrogens is 606 g/mol. The summed E-state index contributed by atoms with van der Waals surface area (Å²) in [6.45, 7) is 21.1. The molecule has 270 valence electrons. The van der Waals surface area contributed by atoms with Crippen LogP contribution in [-0.4, -0.2) is 68.5 Å². The van der Waals surface area contributed by atoms with Crippen molar-refractivity contribution in [3.8, 4) is 11.5 Å². The van der Waals surface area contributed by atoms with E-state index in [-0.39, 0.29) is 30.1 Å². The maximum Gasteiger partial charge on any atom is 0.412 e. The van der Waals surface area contributed by atoms with Crippen LogP contribution in [0.2, 0.25) is 0 Å². The molecule has 0 aliphatic carbocycles. The monoisotopic (exact) mass is 669 g/mol. The molecule has 0 saturated carbocycles. The van der Waals surface area contributed by atoms with E-state index in [1.165, 1.54) is 5.56 Å². The Morgan fingerprint density at radius 2 is 1.58 bits per heavy atom. The van der Waals surface area contributed by atoms with Gasteiger partial charge in [0.05, 0.1) is 39.1 Å². The van der Waals surface area contributed by atoms with E-state index in [0.29, 0.717) is 44.0 Å². The van der Waals surface area contributed by atoms with Crippen molar-refractivity contribution >= 4 is 6.09 Å². The van der Waals surface area contributed by atoms with E-state index < -0.39 is 11.3 Å². The molecule has 0 bridgehead atoms. The minimum atomic E-state index is -0.824. The van der Waals surface area contributed by atoms with Gasteiger partial charge < -0.3 is 28.4 Å². The number of hydrogen-bond acceptors (Lipinski definition) is 7. The van der Waals surface area contributed by atoms with Gasteiger partial charge in [-0.2, -0.15) is 0 Å². The zero-order valence-corrected chi connectivity index (χ0v) is 31.5. The second-order valence-electron chi connectivity index (χ2n) is 15.4. The van der Waals surface area contributed by atoms with Gasteiger partial charge in [-0.15, -0.1) is 0 Å². The van der Waals surface area contributed by atoms with Gasteiger partial charge in [0, 0.05) is 20.1 Å². The van der Waals surface area contributed by atoms with E-state index in [2.05, 4.69) is 52.0 Å². The first-order valence-corrected chi connectivity index (χ1v) is 17.8. The highest BCUT2D eigenvalue weighted by Gasteiger charge is 2.52. The third-order valence-corrected chi connectivity index (χ3v) is 9.26. The van der Waals surface area contributed by atoms with E-state index in [0.717, 1.165) is 37.0 Å². The molecule has 1 saturated heterocycles. The molecule has 8 heteroatoms. The van der Waals surface area contributed by atoms with Crippen LogP contribution in [0.15, 0.2) is 48.5 Å². The molecule has 4 atom stereocenters. The summed E-state index contributed by atoms with van der Waals surface area (Å²) in [6, 6.07) is 16.3. The van der Waals surface area contributed by atoms with E-state index in [1.54, 1.807) is 14.2 Å². The Labute approximate surface area is 290 Å². The minimum Gasteiger partial charge on any atom is -0.493 e. The second-order valence-corrected chi connectivity index (χ2v) is 15.4. The standard InChI is InChI=1S/C40H63NO7/c1-28(2)32(22-31-18-19-35(44-11)37(23-31)46-21-15-20-43-10)24-34-36(47-40(8,9)41(34)38(42)48-39(5,6)7)25-33(29(3)4)27-45-26-30-16-13-12-14-17-30/h12-14,16-19,23,28-29,32-34,36H,15,20-22,24-27H2,1-11H3/t32-,33+,34?,36?/m0/s1. The molecule has 8 nitrogen and oxygen atoms in total. The number of carbonyl (C=O) groups excluding carboxylic acids is 1. The maximum absolute atomic E-state index is 13.9. The highest BCUT2D eigenvalue weighted by Crippen LogP contribution is 2.42. The summed E-state index contributed by atoms with van der Waals surface area (Å²) < 4.78 is 36.0. The highest BCUT2D eigenvalue weighted by molar-refractivity contribution is 5.70. The average molecular weight is 670 g/mol. The number of hydrogen-bond donors (Lipinski definition) is 0. The lowest BCUT2D eigenvalue weighted by Gasteiger charge is -2.37. The Morgan fingerprint density at radius 1 is 0.896 bits per heavy atom. The molecule has 1 heterocycles. The molecule has 2 unspecified atom stereocenters. The number of amides is 1. The first kappa shape index (κ1) is 39.6. The minimum absolute atomic E-state index is 0.166. The summed E-state index contributed by atoms with van der Waals surface area (Å²) in [5.41, 5.74) is 0.884. The first-order chi connectivity index (χ1) is 22.6. The lowest BCUT2D eigenvalue weighted by molar-refractivity contribution is -0.0853. The van der Waals surface area contributed by atoms with Crippen LogP contribution in [0.1, 0.15) is 92.7 Å². The Hall–Kier alpha value is -2.81. The summed E-state index contributed by atoms with van der Waals surface area (Å²) in [6.07, 6.45) is 2.68. The highest BCUT2D eigenvalue weighted by atomic mass is 16.6. The quantitative estimate of drug-likeness (QED) is 0.147. The van der Waals surface area contributed by atoms with Crippen LogP contribution in [0.3, 0.4) is 0 Å². The lowest BCUT2D eigenvalue weighted by Crippen LogP contribution is -2.51. The lowest BCUT2D eigenvalue weighted by atomic mass is 9.80. The van der Waals surface area contributed by atoms with E-state index >= 15 is 0 Å². The SMILES string of the molecule is COCCCOc1cc(C[C@@H](CC2C(C[C@H](COCc3ccccc3)C(C)C)OC(C)(C)N2C(=O)OC(C)(C)C)C(C)C)ccc1OC. The van der Waals surface area contributed by atoms with E-state index in [9.17, 15) is 4.79 Å². The van der Waals surface area contributed by atoms with Gasteiger partial charge in [0.1, 0.15) is 11.3 Å². The normalized spacial score (nSPS) is 19.1. The molecule has 1 fully saturated rings. The molecule has 3 rings (SSSR count). The number of nitrogens with zero attached hydrogens (tertiary/aromatic N) is 1. The topological polar surface area (TPSA) is 75.7 Å². The van der Waals surface area contributed by atoms with Crippen molar-refractivity contribution in [3.05, 3.63) is 59.7 Å². The van der Waals surface area contributed by atoms with Crippen LogP contribution in [-0.2, 0) is 32.0 Å². The van der Waals surface area contributed by atoms with E-state index in [4.69, 9.17) is 28.4 Å². The Bertz CT molecular complexity index is 1240. The summed E-state index contributed by atoms with van der Waals surface area (Å²) >= 11 is 0. The van der Waals surface area contributed by atoms with Crippen LogP contribution in [0.4, 0.5) is 4.79 Å². The van der Waals surface area contributed by atoms with Crippen molar-refractivity contribution in [2.75, 3.05) is 34.0 Å². The first-order valence-electron chi connectivity index (χ1n) is 17.8. The van der Waals surface area contributed by atoms with Crippen molar-refractivity contribution in [1.82, 2.24) is 4.90 Å². The third-order valence-electron chi connectivity index (χ3n) is 9.26. The van der Waals surface area contributed by atoms with Gasteiger partial charge in [0.25, 0.3) is 0 Å². The zero-order chi connectivity index (χ0) is 35.5. The van der Waals surface area contributed by atoms with Crippen molar-refractivity contribution in [1.29, 1.82) is 0 Å². The average Bonchev–Trinajstić information content (AvgIpc) is 3.26. The summed E-state index contributed by atoms with van der Waals surface area (Å²) in [7, 11) is 3.36. The number of rotatable bonds is 18. The largest absolute Gasteiger partial charge is 0.493 e. The van der Waals surface area contributed by atoms with Crippen molar-refractivity contribution in [2.24, 2.45) is 23.7 Å². The summed E-state index contributed by atoms with van der Waals surface area (Å²) in [5, 5.41) is 0. The van der Waals surface area contributed by atoms with Crippen LogP contribution in [0.25, 0.3) is 0 Å². The third kappa shape index (κ3) is 12.0. The Kier molecular flexibility index (Phi) is 15.1. The number of ether oxygens (including phenoxy) is 6.